The first-order valence-electron chi connectivity index (χ1n) is 5.06. The summed E-state index contributed by atoms with van der Waals surface area (Å²) in [5.41, 5.74) is 5.48. The van der Waals surface area contributed by atoms with Gasteiger partial charge in [0.05, 0.1) is 7.11 Å². The second-order valence-corrected chi connectivity index (χ2v) is 10.9. The first kappa shape index (κ1) is 15.2. The van der Waals surface area contributed by atoms with Crippen LogP contribution in [-0.2, 0) is 18.0 Å². The van der Waals surface area contributed by atoms with E-state index in [1.165, 1.54) is 7.11 Å². The standard InChI is InChI=1S/C8H23NO4Si2/c1-10-12-14(3,4)13-15(5,11-2)8-6-7-9/h6-9H2,1-5H3. The monoisotopic (exact) mass is 253 g/mol. The lowest BCUT2D eigenvalue weighted by Crippen LogP contribution is -2.49. The summed E-state index contributed by atoms with van der Waals surface area (Å²) in [5, 5.41) is 0. The van der Waals surface area contributed by atoms with Gasteiger partial charge < -0.3 is 14.3 Å². The molecule has 0 aromatic carbocycles. The molecular weight excluding hydrogens is 230 g/mol. The zero-order valence-electron chi connectivity index (χ0n) is 10.3. The van der Waals surface area contributed by atoms with E-state index in [1.807, 2.05) is 19.6 Å². The van der Waals surface area contributed by atoms with Crippen LogP contribution in [0.2, 0.25) is 25.7 Å². The van der Waals surface area contributed by atoms with E-state index in [0.29, 0.717) is 6.54 Å². The van der Waals surface area contributed by atoms with E-state index in [9.17, 15) is 0 Å². The zero-order chi connectivity index (χ0) is 11.9. The van der Waals surface area contributed by atoms with Crippen LogP contribution in [0.5, 0.6) is 0 Å². The van der Waals surface area contributed by atoms with Gasteiger partial charge in [-0.25, -0.2) is 4.89 Å². The molecule has 0 spiro atoms. The molecule has 0 aliphatic rings. The van der Waals surface area contributed by atoms with E-state index in [1.54, 1.807) is 7.11 Å². The topological polar surface area (TPSA) is 62.9 Å². The molecule has 0 saturated carbocycles. The minimum atomic E-state index is -2.24. The van der Waals surface area contributed by atoms with E-state index in [0.717, 1.165) is 12.5 Å². The van der Waals surface area contributed by atoms with Crippen molar-refractivity contribution in [3.05, 3.63) is 0 Å². The molecule has 1 unspecified atom stereocenters. The van der Waals surface area contributed by atoms with Crippen molar-refractivity contribution >= 4 is 17.1 Å². The number of nitrogens with two attached hydrogens (primary N) is 1. The molecule has 0 rings (SSSR count). The van der Waals surface area contributed by atoms with E-state index < -0.39 is 17.1 Å². The zero-order valence-corrected chi connectivity index (χ0v) is 12.3. The van der Waals surface area contributed by atoms with Gasteiger partial charge in [-0.2, -0.15) is 0 Å². The molecule has 15 heavy (non-hydrogen) atoms. The van der Waals surface area contributed by atoms with Crippen LogP contribution in [0.15, 0.2) is 0 Å². The van der Waals surface area contributed by atoms with Gasteiger partial charge in [-0.15, -0.1) is 0 Å². The fourth-order valence-corrected chi connectivity index (χ4v) is 7.84. The van der Waals surface area contributed by atoms with Crippen LogP contribution < -0.4 is 5.73 Å². The molecule has 1 atom stereocenters. The number of hydrogen-bond donors (Lipinski definition) is 1. The average Bonchev–Trinajstić information content (AvgIpc) is 2.14. The Balaban J connectivity index is 4.27. The van der Waals surface area contributed by atoms with Gasteiger partial charge in [-0.05, 0) is 38.7 Å². The second kappa shape index (κ2) is 6.74. The van der Waals surface area contributed by atoms with E-state index in [4.69, 9.17) is 18.9 Å². The molecule has 0 aromatic heterocycles. The molecule has 7 heteroatoms. The molecule has 2 N–H and O–H groups in total. The van der Waals surface area contributed by atoms with E-state index in [-0.39, 0.29) is 0 Å². The second-order valence-electron chi connectivity index (χ2n) is 3.98. The van der Waals surface area contributed by atoms with Gasteiger partial charge >= 0.3 is 17.1 Å². The van der Waals surface area contributed by atoms with Gasteiger partial charge in [-0.1, -0.05) is 0 Å². The van der Waals surface area contributed by atoms with Gasteiger partial charge in [0.1, 0.15) is 0 Å². The number of hydrogen-bond acceptors (Lipinski definition) is 5. The Hall–Kier alpha value is 0.234. The average molecular weight is 253 g/mol. The minimum Gasteiger partial charge on any atom is -0.413 e. The molecule has 0 fully saturated rings. The predicted molar refractivity (Wildman–Crippen MR) is 63.8 cm³/mol. The van der Waals surface area contributed by atoms with Crippen molar-refractivity contribution in [1.29, 1.82) is 0 Å². The highest BCUT2D eigenvalue weighted by Gasteiger charge is 2.39. The van der Waals surface area contributed by atoms with Crippen molar-refractivity contribution in [3.63, 3.8) is 0 Å². The largest absolute Gasteiger partial charge is 0.413 e. The smallest absolute Gasteiger partial charge is 0.360 e. The summed E-state index contributed by atoms with van der Waals surface area (Å²) in [6.45, 7) is 6.55. The first-order valence-corrected chi connectivity index (χ1v) is 10.4. The molecule has 0 aromatic rings. The van der Waals surface area contributed by atoms with Crippen molar-refractivity contribution in [2.75, 3.05) is 20.8 Å². The molecule has 0 saturated heterocycles. The lowest BCUT2D eigenvalue weighted by molar-refractivity contribution is -0.201. The third kappa shape index (κ3) is 6.41. The highest BCUT2D eigenvalue weighted by molar-refractivity contribution is 6.79. The van der Waals surface area contributed by atoms with Crippen molar-refractivity contribution < 1.29 is 18.0 Å². The van der Waals surface area contributed by atoms with Crippen molar-refractivity contribution in [2.24, 2.45) is 5.73 Å². The Morgan fingerprint density at radius 3 is 2.13 bits per heavy atom. The summed E-state index contributed by atoms with van der Waals surface area (Å²) in [6, 6.07) is 0.878. The fraction of sp³-hybridized carbons (Fsp3) is 1.00. The van der Waals surface area contributed by atoms with Gasteiger partial charge in [0.2, 0.25) is 0 Å². The summed E-state index contributed by atoms with van der Waals surface area (Å²) in [4.78, 5) is 4.68. The predicted octanol–water partition coefficient (Wildman–Crippen LogP) is 1.35. The molecule has 0 heterocycles. The van der Waals surface area contributed by atoms with Gasteiger partial charge in [0.15, 0.2) is 0 Å². The summed E-state index contributed by atoms with van der Waals surface area (Å²) in [5.74, 6) is 0. The fourth-order valence-electron chi connectivity index (χ4n) is 1.36. The molecule has 0 amide bonds. The molecular formula is C8H23NO4Si2. The highest BCUT2D eigenvalue weighted by atomic mass is 28.5. The maximum Gasteiger partial charge on any atom is 0.360 e. The summed E-state index contributed by atoms with van der Waals surface area (Å²) < 4.78 is 16.6. The summed E-state index contributed by atoms with van der Waals surface area (Å²) in [7, 11) is -1.21. The van der Waals surface area contributed by atoms with E-state index >= 15 is 0 Å². The van der Waals surface area contributed by atoms with Crippen LogP contribution in [0, 0.1) is 0 Å². The van der Waals surface area contributed by atoms with Crippen molar-refractivity contribution in [3.8, 4) is 0 Å². The van der Waals surface area contributed by atoms with Crippen molar-refractivity contribution in [2.45, 2.75) is 32.1 Å². The maximum absolute atomic E-state index is 5.97. The molecule has 0 bridgehead atoms. The van der Waals surface area contributed by atoms with Crippen LogP contribution >= 0.6 is 0 Å². The Kier molecular flexibility index (Phi) is 6.84. The van der Waals surface area contributed by atoms with Crippen LogP contribution in [0.1, 0.15) is 6.42 Å². The number of rotatable bonds is 8. The van der Waals surface area contributed by atoms with E-state index in [2.05, 4.69) is 4.89 Å². The molecule has 5 nitrogen and oxygen atoms in total. The van der Waals surface area contributed by atoms with Gasteiger partial charge in [0.25, 0.3) is 0 Å². The maximum atomic E-state index is 5.97. The quantitative estimate of drug-likeness (QED) is 0.402. The van der Waals surface area contributed by atoms with Crippen LogP contribution in [0.25, 0.3) is 0 Å². The third-order valence-electron chi connectivity index (χ3n) is 2.01. The first-order chi connectivity index (χ1) is 6.89. The molecule has 92 valence electrons. The van der Waals surface area contributed by atoms with Crippen LogP contribution in [0.4, 0.5) is 0 Å². The lowest BCUT2D eigenvalue weighted by atomic mass is 10.5. The summed E-state index contributed by atoms with van der Waals surface area (Å²) >= 11 is 0. The Labute approximate surface area is 94.3 Å². The van der Waals surface area contributed by atoms with Crippen LogP contribution in [0.3, 0.4) is 0 Å². The molecule has 0 aliphatic carbocycles. The minimum absolute atomic E-state index is 0.655. The summed E-state index contributed by atoms with van der Waals surface area (Å²) in [6.07, 6.45) is 0.911. The van der Waals surface area contributed by atoms with Gasteiger partial charge in [-0.3, -0.25) is 4.58 Å². The SMILES string of the molecule is COO[Si](C)(C)O[Si](C)(CCCN)OC. The Morgan fingerprint density at radius 2 is 1.73 bits per heavy atom. The lowest BCUT2D eigenvalue weighted by Gasteiger charge is -2.32. The molecule has 0 aliphatic heterocycles. The Morgan fingerprint density at radius 1 is 1.13 bits per heavy atom. The van der Waals surface area contributed by atoms with Gasteiger partial charge in [0, 0.05) is 7.11 Å². The Bertz CT molecular complexity index is 182. The third-order valence-corrected chi connectivity index (χ3v) is 8.40. The normalized spacial score (nSPS) is 16.4. The highest BCUT2D eigenvalue weighted by Crippen LogP contribution is 2.21. The van der Waals surface area contributed by atoms with Crippen molar-refractivity contribution in [1.82, 2.24) is 0 Å². The van der Waals surface area contributed by atoms with Crippen LogP contribution in [-0.4, -0.2) is 37.9 Å². The molecule has 0 radical (unpaired) electrons.